The van der Waals surface area contributed by atoms with Gasteiger partial charge in [0.25, 0.3) is 10.2 Å². The standard InChI is InChI=1S/C16H31N3O2S.ClH/c17-14-15-4-10-18(11-5-15)22(20,21)19-12-8-16(9-13-19)6-2-1-3-7-16;/h15H,1-14,17H2;1H. The van der Waals surface area contributed by atoms with Crippen molar-refractivity contribution >= 4 is 22.6 Å². The van der Waals surface area contributed by atoms with E-state index in [4.69, 9.17) is 5.73 Å². The Balaban J connectivity index is 0.00000192. The molecule has 3 aliphatic rings. The van der Waals surface area contributed by atoms with Gasteiger partial charge in [-0.05, 0) is 56.4 Å². The van der Waals surface area contributed by atoms with E-state index < -0.39 is 10.2 Å². The lowest BCUT2D eigenvalue weighted by Gasteiger charge is -2.45. The third kappa shape index (κ3) is 4.21. The van der Waals surface area contributed by atoms with Crippen molar-refractivity contribution in [2.75, 3.05) is 32.7 Å². The third-order valence-corrected chi connectivity index (χ3v) is 8.29. The van der Waals surface area contributed by atoms with E-state index in [1.54, 1.807) is 8.61 Å². The molecule has 2 saturated heterocycles. The first-order chi connectivity index (χ1) is 10.6. The van der Waals surface area contributed by atoms with Crippen LogP contribution in [0.15, 0.2) is 0 Å². The second-order valence-corrected chi connectivity index (χ2v) is 9.47. The number of hydrogen-bond donors (Lipinski definition) is 1. The monoisotopic (exact) mass is 365 g/mol. The Labute approximate surface area is 147 Å². The molecule has 0 bridgehead atoms. The zero-order valence-corrected chi connectivity index (χ0v) is 15.7. The lowest BCUT2D eigenvalue weighted by Crippen LogP contribution is -2.51. The van der Waals surface area contributed by atoms with Crippen molar-refractivity contribution < 1.29 is 8.42 Å². The first-order valence-electron chi connectivity index (χ1n) is 9.01. The van der Waals surface area contributed by atoms with Crippen LogP contribution in [-0.2, 0) is 10.2 Å². The van der Waals surface area contributed by atoms with Gasteiger partial charge in [-0.15, -0.1) is 12.4 Å². The van der Waals surface area contributed by atoms with Gasteiger partial charge in [0.2, 0.25) is 0 Å². The summed E-state index contributed by atoms with van der Waals surface area (Å²) in [5.74, 6) is 0.498. The molecule has 0 aromatic carbocycles. The van der Waals surface area contributed by atoms with E-state index in [9.17, 15) is 8.42 Å². The van der Waals surface area contributed by atoms with E-state index in [0.29, 0.717) is 31.0 Å². The molecule has 2 heterocycles. The minimum Gasteiger partial charge on any atom is -0.330 e. The van der Waals surface area contributed by atoms with Gasteiger partial charge in [0.1, 0.15) is 0 Å². The summed E-state index contributed by atoms with van der Waals surface area (Å²) in [6.45, 7) is 3.41. The minimum atomic E-state index is -3.25. The molecule has 1 saturated carbocycles. The highest BCUT2D eigenvalue weighted by Gasteiger charge is 2.40. The van der Waals surface area contributed by atoms with Crippen molar-refractivity contribution in [3.8, 4) is 0 Å². The quantitative estimate of drug-likeness (QED) is 0.834. The van der Waals surface area contributed by atoms with Crippen molar-refractivity contribution in [1.82, 2.24) is 8.61 Å². The summed E-state index contributed by atoms with van der Waals surface area (Å²) in [4.78, 5) is 0. The van der Waals surface area contributed by atoms with Gasteiger partial charge in [-0.1, -0.05) is 19.3 Å². The Morgan fingerprint density at radius 3 is 1.91 bits per heavy atom. The van der Waals surface area contributed by atoms with Gasteiger partial charge in [0.05, 0.1) is 0 Å². The van der Waals surface area contributed by atoms with E-state index in [-0.39, 0.29) is 12.4 Å². The van der Waals surface area contributed by atoms with Gasteiger partial charge in [-0.25, -0.2) is 0 Å². The zero-order chi connectivity index (χ0) is 15.6. The molecule has 2 N–H and O–H groups in total. The molecule has 0 aromatic rings. The average Bonchev–Trinajstić information content (AvgIpc) is 2.56. The molecule has 0 atom stereocenters. The average molecular weight is 366 g/mol. The van der Waals surface area contributed by atoms with E-state index in [0.717, 1.165) is 38.8 Å². The van der Waals surface area contributed by atoms with Gasteiger partial charge in [0, 0.05) is 26.2 Å². The fourth-order valence-electron chi connectivity index (χ4n) is 4.53. The molecule has 23 heavy (non-hydrogen) atoms. The summed E-state index contributed by atoms with van der Waals surface area (Å²) >= 11 is 0. The molecule has 136 valence electrons. The first kappa shape index (κ1) is 19.4. The Bertz CT molecular complexity index is 462. The molecule has 1 spiro atoms. The highest BCUT2D eigenvalue weighted by Crippen LogP contribution is 2.45. The van der Waals surface area contributed by atoms with Gasteiger partial charge in [0.15, 0.2) is 0 Å². The van der Waals surface area contributed by atoms with Gasteiger partial charge in [-0.3, -0.25) is 0 Å². The second-order valence-electron chi connectivity index (χ2n) is 7.55. The van der Waals surface area contributed by atoms with Crippen LogP contribution in [0.1, 0.15) is 57.8 Å². The van der Waals surface area contributed by atoms with Crippen LogP contribution in [0, 0.1) is 11.3 Å². The van der Waals surface area contributed by atoms with Crippen LogP contribution in [0.2, 0.25) is 0 Å². The minimum absolute atomic E-state index is 0. The normalized spacial score (nSPS) is 27.7. The van der Waals surface area contributed by atoms with Crippen LogP contribution in [0.25, 0.3) is 0 Å². The molecule has 3 fully saturated rings. The summed E-state index contributed by atoms with van der Waals surface area (Å²) in [5, 5.41) is 0. The molecular formula is C16H32ClN3O2S. The smallest absolute Gasteiger partial charge is 0.281 e. The zero-order valence-electron chi connectivity index (χ0n) is 14.1. The largest absolute Gasteiger partial charge is 0.330 e. The molecule has 5 nitrogen and oxygen atoms in total. The molecule has 3 rings (SSSR count). The lowest BCUT2D eigenvalue weighted by atomic mass is 9.68. The SMILES string of the molecule is Cl.NCC1CCN(S(=O)(=O)N2CCC3(CCCCC3)CC2)CC1. The van der Waals surface area contributed by atoms with Crippen molar-refractivity contribution in [1.29, 1.82) is 0 Å². The number of halogens is 1. The van der Waals surface area contributed by atoms with Crippen LogP contribution in [0.3, 0.4) is 0 Å². The maximum atomic E-state index is 12.8. The molecule has 0 aromatic heterocycles. The number of nitrogens with zero attached hydrogens (tertiary/aromatic N) is 2. The molecule has 1 aliphatic carbocycles. The summed E-state index contributed by atoms with van der Waals surface area (Å²) in [7, 11) is -3.25. The fourth-order valence-corrected chi connectivity index (χ4v) is 6.17. The van der Waals surface area contributed by atoms with Crippen molar-refractivity contribution in [3.05, 3.63) is 0 Å². The van der Waals surface area contributed by atoms with Crippen molar-refractivity contribution in [3.63, 3.8) is 0 Å². The molecule has 0 unspecified atom stereocenters. The number of nitrogens with two attached hydrogens (primary N) is 1. The summed E-state index contributed by atoms with van der Waals surface area (Å²) in [5.41, 5.74) is 6.16. The third-order valence-electron chi connectivity index (χ3n) is 6.26. The van der Waals surface area contributed by atoms with Gasteiger partial charge >= 0.3 is 0 Å². The summed E-state index contributed by atoms with van der Waals surface area (Å²) < 4.78 is 29.1. The molecule has 2 aliphatic heterocycles. The van der Waals surface area contributed by atoms with Crippen molar-refractivity contribution in [2.45, 2.75) is 57.8 Å². The van der Waals surface area contributed by atoms with Gasteiger partial charge in [-0.2, -0.15) is 17.0 Å². The predicted molar refractivity (Wildman–Crippen MR) is 95.8 cm³/mol. The predicted octanol–water partition coefficient (Wildman–Crippen LogP) is 2.37. The van der Waals surface area contributed by atoms with E-state index >= 15 is 0 Å². The first-order valence-corrected chi connectivity index (χ1v) is 10.4. The number of piperidine rings is 2. The Kier molecular flexibility index (Phi) is 6.76. The summed E-state index contributed by atoms with van der Waals surface area (Å²) in [6.07, 6.45) is 10.6. The van der Waals surface area contributed by atoms with Crippen LogP contribution in [0.5, 0.6) is 0 Å². The maximum absolute atomic E-state index is 12.8. The van der Waals surface area contributed by atoms with Crippen LogP contribution in [0.4, 0.5) is 0 Å². The highest BCUT2D eigenvalue weighted by atomic mass is 35.5. The number of rotatable bonds is 3. The fraction of sp³-hybridized carbons (Fsp3) is 1.00. The van der Waals surface area contributed by atoms with E-state index in [2.05, 4.69) is 0 Å². The Morgan fingerprint density at radius 1 is 0.870 bits per heavy atom. The second kappa shape index (κ2) is 8.00. The van der Waals surface area contributed by atoms with Gasteiger partial charge < -0.3 is 5.73 Å². The van der Waals surface area contributed by atoms with E-state index in [1.807, 2.05) is 0 Å². The number of hydrogen-bond acceptors (Lipinski definition) is 3. The Hall–Kier alpha value is 0.120. The van der Waals surface area contributed by atoms with Crippen LogP contribution < -0.4 is 5.73 Å². The highest BCUT2D eigenvalue weighted by molar-refractivity contribution is 7.86. The summed E-state index contributed by atoms with van der Waals surface area (Å²) in [6, 6.07) is 0. The van der Waals surface area contributed by atoms with Crippen molar-refractivity contribution in [2.24, 2.45) is 17.1 Å². The molecule has 0 radical (unpaired) electrons. The Morgan fingerprint density at radius 2 is 1.39 bits per heavy atom. The molecule has 0 amide bonds. The lowest BCUT2D eigenvalue weighted by molar-refractivity contribution is 0.0983. The van der Waals surface area contributed by atoms with Crippen LogP contribution in [-0.4, -0.2) is 49.8 Å². The van der Waals surface area contributed by atoms with E-state index in [1.165, 1.54) is 32.1 Å². The molecular weight excluding hydrogens is 334 g/mol. The topological polar surface area (TPSA) is 66.6 Å². The maximum Gasteiger partial charge on any atom is 0.281 e. The molecule has 7 heteroatoms. The van der Waals surface area contributed by atoms with Crippen LogP contribution >= 0.6 is 12.4 Å².